The fourth-order valence-corrected chi connectivity index (χ4v) is 5.98. The molecule has 3 heterocycles. The van der Waals surface area contributed by atoms with Crippen LogP contribution in [-0.4, -0.2) is 96.5 Å². The Morgan fingerprint density at radius 3 is 2.24 bits per heavy atom. The molecule has 42 heavy (non-hydrogen) atoms. The van der Waals surface area contributed by atoms with E-state index in [1.54, 1.807) is 11.8 Å². The van der Waals surface area contributed by atoms with Crippen LogP contribution in [0.3, 0.4) is 0 Å². The lowest BCUT2D eigenvalue weighted by atomic mass is 9.92. The third kappa shape index (κ3) is 8.21. The lowest BCUT2D eigenvalue weighted by Gasteiger charge is -2.35. The summed E-state index contributed by atoms with van der Waals surface area (Å²) in [6.45, 7) is 14.9. The molecule has 8 heteroatoms. The van der Waals surface area contributed by atoms with Crippen LogP contribution in [0.25, 0.3) is 6.08 Å². The van der Waals surface area contributed by atoms with Crippen molar-refractivity contribution < 1.29 is 4.79 Å². The molecule has 2 aliphatic heterocycles. The fourth-order valence-electron chi connectivity index (χ4n) is 5.17. The average Bonchev–Trinajstić information content (AvgIpc) is 3.01. The number of hydrogen-bond acceptors (Lipinski definition) is 7. The van der Waals surface area contributed by atoms with Crippen LogP contribution < -0.4 is 4.90 Å². The van der Waals surface area contributed by atoms with Crippen molar-refractivity contribution in [2.75, 3.05) is 70.9 Å². The molecule has 2 fully saturated rings. The summed E-state index contributed by atoms with van der Waals surface area (Å²) < 4.78 is 0. The van der Waals surface area contributed by atoms with E-state index in [2.05, 4.69) is 103 Å². The number of carbonyl (C=O) groups excluding carboxylic acids is 1. The van der Waals surface area contributed by atoms with Crippen LogP contribution in [-0.2, 0) is 11.2 Å². The van der Waals surface area contributed by atoms with E-state index in [1.807, 2.05) is 17.0 Å². The van der Waals surface area contributed by atoms with E-state index < -0.39 is 0 Å². The Hall–Kier alpha value is -3.20. The Balaban J connectivity index is 1.19. The van der Waals surface area contributed by atoms with Crippen LogP contribution in [0.1, 0.15) is 48.0 Å². The molecule has 0 aliphatic carbocycles. The molecule has 0 atom stereocenters. The standard InChI is InChI=1S/C34H44N6OS/c1-34(2,3)30-25-31(39-23-19-38(20-24-39)16-8-11-27-9-6-5-7-10-27)36-33(35-30)42-26-28-12-14-29(15-13-28)32(41)40-21-17-37(4)18-22-40/h5-15,25H,16-24,26H2,1-4H3/b11-8+. The van der Waals surface area contributed by atoms with Gasteiger partial charge < -0.3 is 14.7 Å². The number of hydrogen-bond donors (Lipinski definition) is 0. The molecule has 0 radical (unpaired) electrons. The van der Waals surface area contributed by atoms with Crippen molar-refractivity contribution in [1.82, 2.24) is 24.7 Å². The summed E-state index contributed by atoms with van der Waals surface area (Å²) >= 11 is 1.66. The highest BCUT2D eigenvalue weighted by Gasteiger charge is 2.23. The molecule has 7 nitrogen and oxygen atoms in total. The molecule has 3 aromatic rings. The average molecular weight is 585 g/mol. The molecule has 222 valence electrons. The van der Waals surface area contributed by atoms with Crippen molar-refractivity contribution in [2.24, 2.45) is 0 Å². The lowest BCUT2D eigenvalue weighted by Crippen LogP contribution is -2.47. The zero-order chi connectivity index (χ0) is 29.5. The first kappa shape index (κ1) is 30.3. The van der Waals surface area contributed by atoms with Crippen molar-refractivity contribution in [3.05, 3.63) is 89.1 Å². The highest BCUT2D eigenvalue weighted by molar-refractivity contribution is 7.98. The summed E-state index contributed by atoms with van der Waals surface area (Å²) in [5.74, 6) is 1.91. The zero-order valence-corrected chi connectivity index (χ0v) is 26.3. The predicted octanol–water partition coefficient (Wildman–Crippen LogP) is 5.29. The summed E-state index contributed by atoms with van der Waals surface area (Å²) in [4.78, 5) is 32.0. The van der Waals surface area contributed by atoms with Crippen molar-refractivity contribution in [1.29, 1.82) is 0 Å². The maximum Gasteiger partial charge on any atom is 0.253 e. The number of piperazine rings is 2. The molecule has 0 unspecified atom stereocenters. The molecule has 2 aromatic carbocycles. The number of rotatable bonds is 8. The number of nitrogens with zero attached hydrogens (tertiary/aromatic N) is 6. The number of carbonyl (C=O) groups is 1. The van der Waals surface area contributed by atoms with Gasteiger partial charge in [0.25, 0.3) is 5.91 Å². The van der Waals surface area contributed by atoms with E-state index in [0.29, 0.717) is 0 Å². The van der Waals surface area contributed by atoms with E-state index in [9.17, 15) is 4.79 Å². The normalized spacial score (nSPS) is 17.2. The van der Waals surface area contributed by atoms with Crippen LogP contribution in [0.2, 0.25) is 0 Å². The predicted molar refractivity (Wildman–Crippen MR) is 174 cm³/mol. The number of likely N-dealkylation sites (N-methyl/N-ethyl adjacent to an activating group) is 1. The molecule has 2 aliphatic rings. The second kappa shape index (κ2) is 13.8. The number of thioether (sulfide) groups is 1. The largest absolute Gasteiger partial charge is 0.354 e. The van der Waals surface area contributed by atoms with Crippen LogP contribution >= 0.6 is 11.8 Å². The van der Waals surface area contributed by atoms with E-state index in [-0.39, 0.29) is 11.3 Å². The summed E-state index contributed by atoms with van der Waals surface area (Å²) in [7, 11) is 2.10. The maximum atomic E-state index is 12.9. The monoisotopic (exact) mass is 584 g/mol. The molecule has 5 rings (SSSR count). The fraction of sp³-hybridized carbons (Fsp3) is 0.441. The van der Waals surface area contributed by atoms with Crippen LogP contribution in [0, 0.1) is 0 Å². The highest BCUT2D eigenvalue weighted by atomic mass is 32.2. The quantitative estimate of drug-likeness (QED) is 0.264. The summed E-state index contributed by atoms with van der Waals surface area (Å²) in [5, 5.41) is 0.809. The first-order valence-corrected chi connectivity index (χ1v) is 16.0. The van der Waals surface area contributed by atoms with Gasteiger partial charge in [-0.3, -0.25) is 9.69 Å². The smallest absolute Gasteiger partial charge is 0.253 e. The van der Waals surface area contributed by atoms with Crippen molar-refractivity contribution in [2.45, 2.75) is 37.1 Å². The van der Waals surface area contributed by atoms with Gasteiger partial charge >= 0.3 is 0 Å². The van der Waals surface area contributed by atoms with Gasteiger partial charge in [0.05, 0.1) is 5.69 Å². The minimum atomic E-state index is -0.0671. The number of benzene rings is 2. The van der Waals surface area contributed by atoms with Gasteiger partial charge in [-0.2, -0.15) is 0 Å². The van der Waals surface area contributed by atoms with E-state index in [4.69, 9.17) is 9.97 Å². The first-order valence-electron chi connectivity index (χ1n) is 15.0. The van der Waals surface area contributed by atoms with Gasteiger partial charge in [-0.25, -0.2) is 9.97 Å². The van der Waals surface area contributed by atoms with Crippen LogP contribution in [0.4, 0.5) is 5.82 Å². The lowest BCUT2D eigenvalue weighted by molar-refractivity contribution is 0.0664. The summed E-state index contributed by atoms with van der Waals surface area (Å²) in [5.41, 5.74) is 4.17. The minimum Gasteiger partial charge on any atom is -0.354 e. The van der Waals surface area contributed by atoms with Gasteiger partial charge in [-0.1, -0.05) is 87.1 Å². The number of aromatic nitrogens is 2. The third-order valence-electron chi connectivity index (χ3n) is 7.99. The van der Waals surface area contributed by atoms with Gasteiger partial charge in [-0.15, -0.1) is 0 Å². The Labute approximate surface area is 255 Å². The second-order valence-electron chi connectivity index (χ2n) is 12.3. The minimum absolute atomic E-state index is 0.0671. The van der Waals surface area contributed by atoms with Crippen LogP contribution in [0.5, 0.6) is 0 Å². The first-order chi connectivity index (χ1) is 20.2. The molecular weight excluding hydrogens is 540 g/mol. The van der Waals surface area contributed by atoms with Gasteiger partial charge in [-0.05, 0) is 30.3 Å². The van der Waals surface area contributed by atoms with Crippen molar-refractivity contribution in [3.8, 4) is 0 Å². The Morgan fingerprint density at radius 1 is 0.881 bits per heavy atom. The summed E-state index contributed by atoms with van der Waals surface area (Å²) in [6.07, 6.45) is 4.46. The van der Waals surface area contributed by atoms with Gasteiger partial charge in [0, 0.05) is 81.7 Å². The summed E-state index contributed by atoms with van der Waals surface area (Å²) in [6, 6.07) is 20.7. The van der Waals surface area contributed by atoms with E-state index >= 15 is 0 Å². The SMILES string of the molecule is CN1CCN(C(=O)c2ccc(CSc3nc(N4CCN(C/C=C/c5ccccc5)CC4)cc(C(C)(C)C)n3)cc2)CC1. The number of amides is 1. The van der Waals surface area contributed by atoms with Crippen molar-refractivity contribution >= 4 is 29.6 Å². The molecule has 0 N–H and O–H groups in total. The van der Waals surface area contributed by atoms with Gasteiger partial charge in [0.1, 0.15) is 5.82 Å². The molecule has 0 bridgehead atoms. The van der Waals surface area contributed by atoms with E-state index in [0.717, 1.165) is 86.9 Å². The highest BCUT2D eigenvalue weighted by Crippen LogP contribution is 2.29. The molecule has 0 saturated carbocycles. The molecule has 2 saturated heterocycles. The molecule has 0 spiro atoms. The zero-order valence-electron chi connectivity index (χ0n) is 25.5. The topological polar surface area (TPSA) is 55.8 Å². The second-order valence-corrected chi connectivity index (χ2v) is 13.3. The molecule has 1 aromatic heterocycles. The van der Waals surface area contributed by atoms with E-state index in [1.165, 1.54) is 11.1 Å². The van der Waals surface area contributed by atoms with Gasteiger partial charge in [0.15, 0.2) is 5.16 Å². The Bertz CT molecular complexity index is 1340. The van der Waals surface area contributed by atoms with Crippen molar-refractivity contribution in [3.63, 3.8) is 0 Å². The molecular formula is C34H44N6OS. The Kier molecular flexibility index (Phi) is 9.98. The number of anilines is 1. The van der Waals surface area contributed by atoms with Crippen LogP contribution in [0.15, 0.2) is 71.9 Å². The Morgan fingerprint density at radius 2 is 1.57 bits per heavy atom. The third-order valence-corrected chi connectivity index (χ3v) is 8.91. The molecule has 1 amide bonds. The van der Waals surface area contributed by atoms with Gasteiger partial charge in [0.2, 0.25) is 0 Å². The maximum absolute atomic E-state index is 12.9.